The summed E-state index contributed by atoms with van der Waals surface area (Å²) in [5, 5.41) is 9.37. The molecule has 1 aromatic rings. The summed E-state index contributed by atoms with van der Waals surface area (Å²) in [5.74, 6) is 0.354. The quantitative estimate of drug-likeness (QED) is 0.905. The Morgan fingerprint density at radius 2 is 1.79 bits per heavy atom. The van der Waals surface area contributed by atoms with E-state index in [9.17, 15) is 5.11 Å². The van der Waals surface area contributed by atoms with Crippen molar-refractivity contribution in [1.82, 2.24) is 9.80 Å². The highest BCUT2D eigenvalue weighted by molar-refractivity contribution is 5.27. The van der Waals surface area contributed by atoms with E-state index in [4.69, 9.17) is 0 Å². The van der Waals surface area contributed by atoms with Gasteiger partial charge in [-0.1, -0.05) is 12.1 Å². The van der Waals surface area contributed by atoms with E-state index in [1.807, 2.05) is 12.1 Å². The second-order valence-electron chi connectivity index (χ2n) is 5.95. The van der Waals surface area contributed by atoms with Crippen LogP contribution in [0.1, 0.15) is 37.8 Å². The molecule has 3 heteroatoms. The van der Waals surface area contributed by atoms with Crippen molar-refractivity contribution < 1.29 is 5.11 Å². The summed E-state index contributed by atoms with van der Waals surface area (Å²) in [4.78, 5) is 5.25. The molecule has 0 aromatic heterocycles. The molecule has 2 fully saturated rings. The van der Waals surface area contributed by atoms with E-state index in [0.717, 1.165) is 6.04 Å². The molecular formula is C16H24N2O. The van der Waals surface area contributed by atoms with Gasteiger partial charge in [0, 0.05) is 25.2 Å². The molecule has 1 N–H and O–H groups in total. The van der Waals surface area contributed by atoms with Crippen molar-refractivity contribution in [2.24, 2.45) is 0 Å². The molecule has 1 aromatic carbocycles. The summed E-state index contributed by atoms with van der Waals surface area (Å²) in [6.45, 7) is 7.27. The minimum Gasteiger partial charge on any atom is -0.508 e. The van der Waals surface area contributed by atoms with Crippen LogP contribution in [0.3, 0.4) is 0 Å². The molecule has 0 spiro atoms. The maximum Gasteiger partial charge on any atom is 0.115 e. The topological polar surface area (TPSA) is 26.7 Å². The summed E-state index contributed by atoms with van der Waals surface area (Å²) >= 11 is 0. The van der Waals surface area contributed by atoms with Crippen molar-refractivity contribution in [2.45, 2.75) is 38.3 Å². The van der Waals surface area contributed by atoms with Gasteiger partial charge in [-0.15, -0.1) is 0 Å². The molecule has 104 valence electrons. The van der Waals surface area contributed by atoms with Crippen LogP contribution in [0.4, 0.5) is 0 Å². The maximum atomic E-state index is 9.37. The minimum atomic E-state index is 0.354. The second-order valence-corrected chi connectivity index (χ2v) is 5.95. The van der Waals surface area contributed by atoms with E-state index in [-0.39, 0.29) is 0 Å². The van der Waals surface area contributed by atoms with Crippen LogP contribution in [0.5, 0.6) is 5.75 Å². The van der Waals surface area contributed by atoms with Gasteiger partial charge in [0.1, 0.15) is 5.75 Å². The molecule has 2 aliphatic heterocycles. The number of hydrogen-bond acceptors (Lipinski definition) is 3. The Balaban J connectivity index is 1.62. The third-order valence-electron chi connectivity index (χ3n) is 4.78. The molecule has 0 saturated carbocycles. The number of hydrogen-bond donors (Lipinski definition) is 1. The first kappa shape index (κ1) is 12.9. The van der Waals surface area contributed by atoms with Crippen LogP contribution in [0.25, 0.3) is 0 Å². The van der Waals surface area contributed by atoms with Crippen LogP contribution in [-0.4, -0.2) is 47.1 Å². The number of phenolic OH excluding ortho intramolecular Hbond substituents is 1. The van der Waals surface area contributed by atoms with E-state index in [2.05, 4.69) is 16.7 Å². The first-order valence-corrected chi connectivity index (χ1v) is 7.51. The lowest BCUT2D eigenvalue weighted by molar-refractivity contribution is 0.208. The first-order valence-electron chi connectivity index (χ1n) is 7.51. The zero-order chi connectivity index (χ0) is 13.2. The zero-order valence-electron chi connectivity index (χ0n) is 11.8. The van der Waals surface area contributed by atoms with Crippen LogP contribution < -0.4 is 0 Å². The summed E-state index contributed by atoms with van der Waals surface area (Å²) in [5.41, 5.74) is 1.31. The summed E-state index contributed by atoms with van der Waals surface area (Å²) < 4.78 is 0. The second kappa shape index (κ2) is 5.51. The van der Waals surface area contributed by atoms with E-state index in [1.165, 1.54) is 51.0 Å². The molecule has 2 aliphatic rings. The highest BCUT2D eigenvalue weighted by Gasteiger charge is 2.31. The van der Waals surface area contributed by atoms with Crippen molar-refractivity contribution in [2.75, 3.05) is 26.2 Å². The number of phenols is 1. The number of benzene rings is 1. The van der Waals surface area contributed by atoms with Gasteiger partial charge in [-0.25, -0.2) is 0 Å². The largest absolute Gasteiger partial charge is 0.508 e. The third kappa shape index (κ3) is 2.77. The van der Waals surface area contributed by atoms with Crippen molar-refractivity contribution >= 4 is 0 Å². The average molecular weight is 260 g/mol. The fourth-order valence-corrected chi connectivity index (χ4v) is 3.49. The smallest absolute Gasteiger partial charge is 0.115 e. The molecule has 2 saturated heterocycles. The monoisotopic (exact) mass is 260 g/mol. The minimum absolute atomic E-state index is 0.354. The molecule has 0 radical (unpaired) electrons. The van der Waals surface area contributed by atoms with Gasteiger partial charge in [-0.2, -0.15) is 0 Å². The molecule has 2 unspecified atom stereocenters. The van der Waals surface area contributed by atoms with Crippen LogP contribution in [0.15, 0.2) is 24.3 Å². The first-order chi connectivity index (χ1) is 9.24. The summed E-state index contributed by atoms with van der Waals surface area (Å²) in [6.07, 6.45) is 4.07. The van der Waals surface area contributed by atoms with Crippen molar-refractivity contribution in [1.29, 1.82) is 0 Å². The van der Waals surface area contributed by atoms with Gasteiger partial charge < -0.3 is 5.11 Å². The summed E-state index contributed by atoms with van der Waals surface area (Å²) in [7, 11) is 0. The Labute approximate surface area is 115 Å². The van der Waals surface area contributed by atoms with Crippen LogP contribution in [-0.2, 0) is 0 Å². The molecule has 0 aliphatic carbocycles. The fraction of sp³-hybridized carbons (Fsp3) is 0.625. The van der Waals surface area contributed by atoms with E-state index >= 15 is 0 Å². The van der Waals surface area contributed by atoms with E-state index in [0.29, 0.717) is 11.8 Å². The predicted octanol–water partition coefficient (Wildman–Crippen LogP) is 2.62. The Bertz CT molecular complexity index is 411. The number of rotatable bonds is 3. The van der Waals surface area contributed by atoms with E-state index < -0.39 is 0 Å². The molecular weight excluding hydrogens is 236 g/mol. The molecule has 3 nitrogen and oxygen atoms in total. The standard InChI is InChI=1S/C16H24N2O/c1-13(14-4-6-16(19)7-5-14)18-11-8-15(12-18)17-9-2-3-10-17/h4-7,13,15,19H,2-3,8-12H2,1H3. The molecule has 2 atom stereocenters. The molecule has 19 heavy (non-hydrogen) atoms. The zero-order valence-corrected chi connectivity index (χ0v) is 11.8. The molecule has 3 rings (SSSR count). The average Bonchev–Trinajstić information content (AvgIpc) is 3.10. The Hall–Kier alpha value is -1.06. The predicted molar refractivity (Wildman–Crippen MR) is 77.3 cm³/mol. The Morgan fingerprint density at radius 1 is 1.11 bits per heavy atom. The van der Waals surface area contributed by atoms with Gasteiger partial charge in [0.2, 0.25) is 0 Å². The molecule has 0 amide bonds. The van der Waals surface area contributed by atoms with Gasteiger partial charge in [-0.3, -0.25) is 9.80 Å². The van der Waals surface area contributed by atoms with Crippen molar-refractivity contribution in [3.8, 4) is 5.75 Å². The highest BCUT2D eigenvalue weighted by Crippen LogP contribution is 2.28. The molecule has 0 bridgehead atoms. The van der Waals surface area contributed by atoms with Crippen molar-refractivity contribution in [3.63, 3.8) is 0 Å². The number of aromatic hydroxyl groups is 1. The SMILES string of the molecule is CC(c1ccc(O)cc1)N1CCC(N2CCCC2)C1. The van der Waals surface area contributed by atoms with E-state index in [1.54, 1.807) is 12.1 Å². The number of nitrogens with zero attached hydrogens (tertiary/aromatic N) is 2. The van der Waals surface area contributed by atoms with Gasteiger partial charge in [0.25, 0.3) is 0 Å². The lowest BCUT2D eigenvalue weighted by Gasteiger charge is -2.27. The lowest BCUT2D eigenvalue weighted by Crippen LogP contribution is -2.35. The Kier molecular flexibility index (Phi) is 3.76. The number of likely N-dealkylation sites (tertiary alicyclic amines) is 2. The van der Waals surface area contributed by atoms with Gasteiger partial charge in [0.05, 0.1) is 0 Å². The van der Waals surface area contributed by atoms with Crippen molar-refractivity contribution in [3.05, 3.63) is 29.8 Å². The lowest BCUT2D eigenvalue weighted by atomic mass is 10.1. The van der Waals surface area contributed by atoms with Gasteiger partial charge in [-0.05, 0) is 57.0 Å². The van der Waals surface area contributed by atoms with Gasteiger partial charge in [0.15, 0.2) is 0 Å². The van der Waals surface area contributed by atoms with Crippen LogP contribution >= 0.6 is 0 Å². The van der Waals surface area contributed by atoms with Gasteiger partial charge >= 0.3 is 0 Å². The van der Waals surface area contributed by atoms with Crippen LogP contribution in [0, 0.1) is 0 Å². The third-order valence-corrected chi connectivity index (χ3v) is 4.78. The Morgan fingerprint density at radius 3 is 2.47 bits per heavy atom. The molecule has 2 heterocycles. The fourth-order valence-electron chi connectivity index (χ4n) is 3.49. The maximum absolute atomic E-state index is 9.37. The highest BCUT2D eigenvalue weighted by atomic mass is 16.3. The van der Waals surface area contributed by atoms with Crippen LogP contribution in [0.2, 0.25) is 0 Å². The normalized spacial score (nSPS) is 26.9. The summed E-state index contributed by atoms with van der Waals surface area (Å²) in [6, 6.07) is 8.89.